The summed E-state index contributed by atoms with van der Waals surface area (Å²) in [4.78, 5) is 20.2. The van der Waals surface area contributed by atoms with Crippen LogP contribution in [0.5, 0.6) is 0 Å². The summed E-state index contributed by atoms with van der Waals surface area (Å²) in [5.41, 5.74) is 2.67. The van der Waals surface area contributed by atoms with Crippen molar-refractivity contribution in [2.24, 2.45) is 4.99 Å². The highest BCUT2D eigenvalue weighted by molar-refractivity contribution is 5.93. The normalized spacial score (nSPS) is 19.5. The zero-order chi connectivity index (χ0) is 21.7. The summed E-state index contributed by atoms with van der Waals surface area (Å²) < 4.78 is 19.3. The molecule has 1 aliphatic heterocycles. The third-order valence-corrected chi connectivity index (χ3v) is 5.07. The Morgan fingerprint density at radius 3 is 2.43 bits per heavy atom. The fourth-order valence-corrected chi connectivity index (χ4v) is 3.52. The van der Waals surface area contributed by atoms with Crippen molar-refractivity contribution in [3.63, 3.8) is 0 Å². The first-order valence-electron chi connectivity index (χ1n) is 10.0. The second kappa shape index (κ2) is 9.71. The molecule has 3 rings (SSSR count). The molecule has 7 heteroatoms. The van der Waals surface area contributed by atoms with Crippen LogP contribution in [0.15, 0.2) is 53.5 Å². The summed E-state index contributed by atoms with van der Waals surface area (Å²) in [6, 6.07) is 14.0. The Morgan fingerprint density at radius 2 is 1.83 bits per heavy atom. The van der Waals surface area contributed by atoms with E-state index in [-0.39, 0.29) is 23.9 Å². The van der Waals surface area contributed by atoms with Crippen molar-refractivity contribution in [1.82, 2.24) is 15.1 Å². The Labute approximate surface area is 177 Å². The molecule has 1 saturated heterocycles. The van der Waals surface area contributed by atoms with Gasteiger partial charge in [-0.3, -0.25) is 9.79 Å². The average molecular weight is 413 g/mol. The van der Waals surface area contributed by atoms with Gasteiger partial charge in [-0.05, 0) is 42.3 Å². The molecule has 0 spiro atoms. The number of guanidine groups is 1. The number of halogens is 1. The van der Waals surface area contributed by atoms with Gasteiger partial charge < -0.3 is 19.9 Å². The van der Waals surface area contributed by atoms with Crippen LogP contribution in [0.4, 0.5) is 4.39 Å². The Balaban J connectivity index is 1.63. The molecule has 2 aromatic rings. The van der Waals surface area contributed by atoms with E-state index in [0.29, 0.717) is 25.2 Å². The maximum atomic E-state index is 13.3. The number of benzene rings is 2. The molecular weight excluding hydrogens is 383 g/mol. The van der Waals surface area contributed by atoms with Crippen molar-refractivity contribution in [3.05, 3.63) is 71.0 Å². The summed E-state index contributed by atoms with van der Waals surface area (Å²) in [5.74, 6) is 0.514. The van der Waals surface area contributed by atoms with Crippen molar-refractivity contribution in [3.8, 4) is 0 Å². The molecule has 160 valence electrons. The largest absolute Gasteiger partial charge is 0.367 e. The predicted octanol–water partition coefficient (Wildman–Crippen LogP) is 3.06. The number of nitrogens with zero attached hydrogens (tertiary/aromatic N) is 3. The highest BCUT2D eigenvalue weighted by Gasteiger charge is 2.28. The highest BCUT2D eigenvalue weighted by Crippen LogP contribution is 2.25. The van der Waals surface area contributed by atoms with E-state index >= 15 is 0 Å². The lowest BCUT2D eigenvalue weighted by Crippen LogP contribution is -2.50. The summed E-state index contributed by atoms with van der Waals surface area (Å²) in [6.07, 6.45) is -0.132. The molecule has 0 bridgehead atoms. The van der Waals surface area contributed by atoms with Crippen LogP contribution in [0.25, 0.3) is 0 Å². The third kappa shape index (κ3) is 5.36. The van der Waals surface area contributed by atoms with E-state index in [9.17, 15) is 9.18 Å². The van der Waals surface area contributed by atoms with Gasteiger partial charge in [0.1, 0.15) is 11.9 Å². The van der Waals surface area contributed by atoms with Crippen LogP contribution in [0, 0.1) is 5.82 Å². The van der Waals surface area contributed by atoms with Gasteiger partial charge in [0.15, 0.2) is 5.96 Å². The van der Waals surface area contributed by atoms with Crippen LogP contribution < -0.4 is 5.32 Å². The standard InChI is InChI=1S/C23H29FN4O2/c1-16-14-28(15-21(30-16)18-9-11-20(24)12-10-18)23(25-2)26-13-17-5-7-19(8-6-17)22(29)27(3)4/h5-12,16,21H,13-15H2,1-4H3,(H,25,26). The van der Waals surface area contributed by atoms with Crippen LogP contribution in [0.3, 0.4) is 0 Å². The van der Waals surface area contributed by atoms with E-state index in [4.69, 9.17) is 4.74 Å². The minimum atomic E-state index is -0.254. The topological polar surface area (TPSA) is 57.2 Å². The lowest BCUT2D eigenvalue weighted by atomic mass is 10.1. The molecular formula is C23H29FN4O2. The molecule has 2 unspecified atom stereocenters. The van der Waals surface area contributed by atoms with E-state index in [1.165, 1.54) is 12.1 Å². The van der Waals surface area contributed by atoms with Crippen molar-refractivity contribution in [1.29, 1.82) is 0 Å². The Bertz CT molecular complexity index is 881. The minimum absolute atomic E-state index is 0.0144. The van der Waals surface area contributed by atoms with Gasteiger partial charge in [0.05, 0.1) is 12.6 Å². The van der Waals surface area contributed by atoms with Crippen molar-refractivity contribution >= 4 is 11.9 Å². The molecule has 30 heavy (non-hydrogen) atoms. The number of carbonyl (C=O) groups is 1. The van der Waals surface area contributed by atoms with Crippen molar-refractivity contribution < 1.29 is 13.9 Å². The number of ether oxygens (including phenoxy) is 1. The fraction of sp³-hybridized carbons (Fsp3) is 0.391. The molecule has 0 saturated carbocycles. The van der Waals surface area contributed by atoms with Crippen LogP contribution in [-0.2, 0) is 11.3 Å². The fourth-order valence-electron chi connectivity index (χ4n) is 3.52. The number of carbonyl (C=O) groups excluding carboxylic acids is 1. The zero-order valence-electron chi connectivity index (χ0n) is 17.9. The molecule has 6 nitrogen and oxygen atoms in total. The van der Waals surface area contributed by atoms with Gasteiger partial charge in [0, 0.05) is 39.8 Å². The first-order chi connectivity index (χ1) is 14.4. The summed E-state index contributed by atoms with van der Waals surface area (Å²) >= 11 is 0. The summed E-state index contributed by atoms with van der Waals surface area (Å²) in [6.45, 7) is 3.96. The van der Waals surface area contributed by atoms with Crippen LogP contribution in [-0.4, -0.2) is 62.0 Å². The number of nitrogens with one attached hydrogen (secondary N) is 1. The molecule has 2 aromatic carbocycles. The molecule has 1 N–H and O–H groups in total. The molecule has 0 radical (unpaired) electrons. The first kappa shape index (κ1) is 21.8. The summed E-state index contributed by atoms with van der Waals surface area (Å²) in [7, 11) is 5.24. The molecule has 1 amide bonds. The monoisotopic (exact) mass is 412 g/mol. The number of rotatable bonds is 4. The quantitative estimate of drug-likeness (QED) is 0.620. The molecule has 0 aliphatic carbocycles. The van der Waals surface area contributed by atoms with Gasteiger partial charge >= 0.3 is 0 Å². The predicted molar refractivity (Wildman–Crippen MR) is 116 cm³/mol. The Kier molecular flexibility index (Phi) is 7.05. The Morgan fingerprint density at radius 1 is 1.17 bits per heavy atom. The smallest absolute Gasteiger partial charge is 0.253 e. The van der Waals surface area contributed by atoms with Gasteiger partial charge in [-0.15, -0.1) is 0 Å². The van der Waals surface area contributed by atoms with E-state index in [1.54, 1.807) is 38.2 Å². The third-order valence-electron chi connectivity index (χ3n) is 5.07. The lowest BCUT2D eigenvalue weighted by Gasteiger charge is -2.38. The molecule has 1 fully saturated rings. The lowest BCUT2D eigenvalue weighted by molar-refractivity contribution is -0.0605. The SMILES string of the molecule is CN=C(NCc1ccc(C(=O)N(C)C)cc1)N1CC(C)OC(c2ccc(F)cc2)C1. The number of hydrogen-bond acceptors (Lipinski definition) is 3. The van der Waals surface area contributed by atoms with Gasteiger partial charge in [-0.25, -0.2) is 4.39 Å². The maximum absolute atomic E-state index is 13.3. The van der Waals surface area contributed by atoms with Gasteiger partial charge in [-0.2, -0.15) is 0 Å². The van der Waals surface area contributed by atoms with Crippen LogP contribution in [0.2, 0.25) is 0 Å². The molecule has 2 atom stereocenters. The highest BCUT2D eigenvalue weighted by atomic mass is 19.1. The Hall–Kier alpha value is -2.93. The average Bonchev–Trinajstić information content (AvgIpc) is 2.74. The summed E-state index contributed by atoms with van der Waals surface area (Å²) in [5, 5.41) is 3.39. The van der Waals surface area contributed by atoms with Gasteiger partial charge in [-0.1, -0.05) is 24.3 Å². The number of hydrogen-bond donors (Lipinski definition) is 1. The molecule has 1 aliphatic rings. The second-order valence-electron chi connectivity index (χ2n) is 7.69. The van der Waals surface area contributed by atoms with E-state index in [1.807, 2.05) is 31.2 Å². The number of amides is 1. The van der Waals surface area contributed by atoms with Crippen LogP contribution >= 0.6 is 0 Å². The van der Waals surface area contributed by atoms with Crippen molar-refractivity contribution in [2.45, 2.75) is 25.7 Å². The molecule has 1 heterocycles. The minimum Gasteiger partial charge on any atom is -0.367 e. The van der Waals surface area contributed by atoms with E-state index in [0.717, 1.165) is 17.1 Å². The maximum Gasteiger partial charge on any atom is 0.253 e. The van der Waals surface area contributed by atoms with E-state index < -0.39 is 0 Å². The van der Waals surface area contributed by atoms with Crippen LogP contribution in [0.1, 0.15) is 34.5 Å². The van der Waals surface area contributed by atoms with E-state index in [2.05, 4.69) is 15.2 Å². The van der Waals surface area contributed by atoms with Crippen molar-refractivity contribution in [2.75, 3.05) is 34.2 Å². The van der Waals surface area contributed by atoms with Gasteiger partial charge in [0.2, 0.25) is 0 Å². The number of aliphatic imine (C=N–C) groups is 1. The number of morpholine rings is 1. The van der Waals surface area contributed by atoms with Gasteiger partial charge in [0.25, 0.3) is 5.91 Å². The molecule has 0 aromatic heterocycles. The second-order valence-corrected chi connectivity index (χ2v) is 7.69. The first-order valence-corrected chi connectivity index (χ1v) is 10.0. The zero-order valence-corrected chi connectivity index (χ0v) is 17.9.